The SMILES string of the molecule is CCCCN1CCCCC1CNC(=O)NCC(O)(CC)CC. The molecule has 0 aromatic rings. The molecule has 1 unspecified atom stereocenters. The molecule has 1 rings (SSSR count). The zero-order chi connectivity index (χ0) is 16.4. The minimum Gasteiger partial charge on any atom is -0.388 e. The number of urea groups is 1. The lowest BCUT2D eigenvalue weighted by Gasteiger charge is -2.36. The van der Waals surface area contributed by atoms with Crippen LogP contribution < -0.4 is 10.6 Å². The number of hydrogen-bond donors (Lipinski definition) is 3. The molecule has 0 bridgehead atoms. The molecule has 0 aliphatic carbocycles. The number of hydrogen-bond acceptors (Lipinski definition) is 3. The van der Waals surface area contributed by atoms with Crippen LogP contribution in [0, 0.1) is 0 Å². The number of carbonyl (C=O) groups is 1. The van der Waals surface area contributed by atoms with E-state index in [0.29, 0.717) is 32.0 Å². The van der Waals surface area contributed by atoms with Gasteiger partial charge in [0, 0.05) is 19.1 Å². The first-order valence-corrected chi connectivity index (χ1v) is 9.02. The van der Waals surface area contributed by atoms with Crippen LogP contribution in [0.5, 0.6) is 0 Å². The molecule has 130 valence electrons. The summed E-state index contributed by atoms with van der Waals surface area (Å²) in [6, 6.07) is 0.295. The molecule has 1 aliphatic rings. The Morgan fingerprint density at radius 1 is 1.23 bits per heavy atom. The van der Waals surface area contributed by atoms with Gasteiger partial charge in [0.05, 0.1) is 5.60 Å². The van der Waals surface area contributed by atoms with Crippen molar-refractivity contribution in [1.82, 2.24) is 15.5 Å². The number of nitrogens with one attached hydrogen (secondary N) is 2. The highest BCUT2D eigenvalue weighted by Crippen LogP contribution is 2.17. The van der Waals surface area contributed by atoms with Crippen LogP contribution in [0.25, 0.3) is 0 Å². The molecule has 0 saturated carbocycles. The summed E-state index contributed by atoms with van der Waals surface area (Å²) in [7, 11) is 0. The first-order chi connectivity index (χ1) is 10.5. The molecule has 22 heavy (non-hydrogen) atoms. The molecular formula is C17H35N3O2. The first kappa shape index (κ1) is 19.2. The highest BCUT2D eigenvalue weighted by atomic mass is 16.3. The van der Waals surface area contributed by atoms with Gasteiger partial charge in [-0.05, 0) is 45.2 Å². The zero-order valence-electron chi connectivity index (χ0n) is 14.7. The summed E-state index contributed by atoms with van der Waals surface area (Å²) in [6.45, 7) is 9.40. The smallest absolute Gasteiger partial charge is 0.314 e. The van der Waals surface area contributed by atoms with Crippen LogP contribution in [0.2, 0.25) is 0 Å². The predicted octanol–water partition coefficient (Wildman–Crippen LogP) is 2.49. The van der Waals surface area contributed by atoms with Crippen molar-refractivity contribution >= 4 is 6.03 Å². The van der Waals surface area contributed by atoms with Gasteiger partial charge in [-0.3, -0.25) is 4.90 Å². The van der Waals surface area contributed by atoms with E-state index < -0.39 is 5.60 Å². The number of unbranched alkanes of at least 4 members (excludes halogenated alkanes) is 1. The van der Waals surface area contributed by atoms with E-state index in [9.17, 15) is 9.90 Å². The van der Waals surface area contributed by atoms with Crippen LogP contribution in [-0.2, 0) is 0 Å². The summed E-state index contributed by atoms with van der Waals surface area (Å²) in [4.78, 5) is 14.4. The zero-order valence-corrected chi connectivity index (χ0v) is 14.7. The van der Waals surface area contributed by atoms with Crippen molar-refractivity contribution in [1.29, 1.82) is 0 Å². The van der Waals surface area contributed by atoms with Crippen molar-refractivity contribution in [2.75, 3.05) is 26.2 Å². The molecule has 2 amide bonds. The van der Waals surface area contributed by atoms with Gasteiger partial charge in [-0.1, -0.05) is 33.6 Å². The molecule has 5 nitrogen and oxygen atoms in total. The fourth-order valence-corrected chi connectivity index (χ4v) is 2.96. The van der Waals surface area contributed by atoms with E-state index in [1.54, 1.807) is 0 Å². The first-order valence-electron chi connectivity index (χ1n) is 9.02. The fraction of sp³-hybridized carbons (Fsp3) is 0.941. The Kier molecular flexibility index (Phi) is 8.79. The third-order valence-corrected chi connectivity index (χ3v) is 4.94. The third kappa shape index (κ3) is 6.53. The summed E-state index contributed by atoms with van der Waals surface area (Å²) in [5.74, 6) is 0. The van der Waals surface area contributed by atoms with Crippen LogP contribution >= 0.6 is 0 Å². The monoisotopic (exact) mass is 313 g/mol. The van der Waals surface area contributed by atoms with Gasteiger partial charge < -0.3 is 15.7 Å². The Labute approximate surface area is 135 Å². The van der Waals surface area contributed by atoms with E-state index in [1.807, 2.05) is 13.8 Å². The molecule has 1 fully saturated rings. The normalized spacial score (nSPS) is 19.9. The van der Waals surface area contributed by atoms with Crippen molar-refractivity contribution in [2.24, 2.45) is 0 Å². The third-order valence-electron chi connectivity index (χ3n) is 4.94. The van der Waals surface area contributed by atoms with Crippen molar-refractivity contribution < 1.29 is 9.90 Å². The lowest BCUT2D eigenvalue weighted by Crippen LogP contribution is -2.51. The van der Waals surface area contributed by atoms with Crippen LogP contribution in [0.1, 0.15) is 65.7 Å². The Morgan fingerprint density at radius 3 is 2.59 bits per heavy atom. The second kappa shape index (κ2) is 10.1. The summed E-state index contributed by atoms with van der Waals surface area (Å²) in [5.41, 5.74) is -0.782. The molecule has 1 atom stereocenters. The lowest BCUT2D eigenvalue weighted by atomic mass is 9.98. The highest BCUT2D eigenvalue weighted by molar-refractivity contribution is 5.73. The molecule has 0 spiro atoms. The highest BCUT2D eigenvalue weighted by Gasteiger charge is 2.24. The molecule has 0 aromatic heterocycles. The number of amides is 2. The van der Waals surface area contributed by atoms with E-state index in [0.717, 1.165) is 19.5 Å². The molecule has 1 saturated heterocycles. The van der Waals surface area contributed by atoms with Crippen LogP contribution in [0.15, 0.2) is 0 Å². The second-order valence-electron chi connectivity index (χ2n) is 6.53. The average molecular weight is 313 g/mol. The van der Waals surface area contributed by atoms with Gasteiger partial charge in [-0.2, -0.15) is 0 Å². The lowest BCUT2D eigenvalue weighted by molar-refractivity contribution is 0.0348. The number of nitrogens with zero attached hydrogens (tertiary/aromatic N) is 1. The number of likely N-dealkylation sites (tertiary alicyclic amines) is 1. The maximum Gasteiger partial charge on any atom is 0.314 e. The quantitative estimate of drug-likeness (QED) is 0.613. The van der Waals surface area contributed by atoms with Gasteiger partial charge in [0.15, 0.2) is 0 Å². The predicted molar refractivity (Wildman–Crippen MR) is 91.1 cm³/mol. The van der Waals surface area contributed by atoms with E-state index in [1.165, 1.54) is 25.7 Å². The molecule has 5 heteroatoms. The second-order valence-corrected chi connectivity index (χ2v) is 6.53. The summed E-state index contributed by atoms with van der Waals surface area (Å²) < 4.78 is 0. The van der Waals surface area contributed by atoms with Gasteiger partial charge in [0.25, 0.3) is 0 Å². The number of piperidine rings is 1. The Morgan fingerprint density at radius 2 is 1.95 bits per heavy atom. The van der Waals surface area contributed by atoms with E-state index in [2.05, 4.69) is 22.5 Å². The molecule has 0 aromatic carbocycles. The van der Waals surface area contributed by atoms with E-state index >= 15 is 0 Å². The van der Waals surface area contributed by atoms with Gasteiger partial charge in [0.2, 0.25) is 0 Å². The van der Waals surface area contributed by atoms with Gasteiger partial charge >= 0.3 is 6.03 Å². The van der Waals surface area contributed by atoms with Crippen LogP contribution in [0.3, 0.4) is 0 Å². The van der Waals surface area contributed by atoms with E-state index in [4.69, 9.17) is 0 Å². The maximum absolute atomic E-state index is 11.9. The van der Waals surface area contributed by atoms with Crippen LogP contribution in [0.4, 0.5) is 4.79 Å². The fourth-order valence-electron chi connectivity index (χ4n) is 2.96. The Bertz CT molecular complexity index is 319. The number of rotatable bonds is 9. The van der Waals surface area contributed by atoms with Crippen molar-refractivity contribution in [2.45, 2.75) is 77.4 Å². The van der Waals surface area contributed by atoms with Crippen molar-refractivity contribution in [3.63, 3.8) is 0 Å². The number of aliphatic hydroxyl groups is 1. The Hall–Kier alpha value is -0.810. The standard InChI is InChI=1S/C17H35N3O2/c1-4-7-11-20-12-9-8-10-15(20)13-18-16(21)19-14-17(22,5-2)6-3/h15,22H,4-14H2,1-3H3,(H2,18,19,21). The molecule has 0 radical (unpaired) electrons. The van der Waals surface area contributed by atoms with Gasteiger partial charge in [-0.15, -0.1) is 0 Å². The van der Waals surface area contributed by atoms with Crippen molar-refractivity contribution in [3.8, 4) is 0 Å². The van der Waals surface area contributed by atoms with E-state index in [-0.39, 0.29) is 6.03 Å². The summed E-state index contributed by atoms with van der Waals surface area (Å²) in [5, 5.41) is 16.0. The summed E-state index contributed by atoms with van der Waals surface area (Å²) in [6.07, 6.45) is 7.42. The maximum atomic E-state index is 11.9. The van der Waals surface area contributed by atoms with Gasteiger partial charge in [-0.25, -0.2) is 4.79 Å². The summed E-state index contributed by atoms with van der Waals surface area (Å²) >= 11 is 0. The average Bonchev–Trinajstić information content (AvgIpc) is 2.56. The Balaban J connectivity index is 2.32. The molecule has 1 heterocycles. The minimum atomic E-state index is -0.782. The van der Waals surface area contributed by atoms with Gasteiger partial charge in [0.1, 0.15) is 0 Å². The van der Waals surface area contributed by atoms with Crippen molar-refractivity contribution in [3.05, 3.63) is 0 Å². The topological polar surface area (TPSA) is 64.6 Å². The molecule has 1 aliphatic heterocycles. The minimum absolute atomic E-state index is 0.165. The molecular weight excluding hydrogens is 278 g/mol. The largest absolute Gasteiger partial charge is 0.388 e. The molecule has 3 N–H and O–H groups in total. The van der Waals surface area contributed by atoms with Crippen LogP contribution in [-0.4, -0.2) is 53.9 Å². The number of carbonyl (C=O) groups excluding carboxylic acids is 1.